The van der Waals surface area contributed by atoms with E-state index in [1.165, 1.54) is 154 Å². The predicted molar refractivity (Wildman–Crippen MR) is 254 cm³/mol. The lowest BCUT2D eigenvalue weighted by atomic mass is 10.0. The van der Waals surface area contributed by atoms with Gasteiger partial charge >= 0.3 is 11.9 Å². The van der Waals surface area contributed by atoms with Gasteiger partial charge in [0.1, 0.15) is 12.6 Å². The molecule has 356 valence electrons. The summed E-state index contributed by atoms with van der Waals surface area (Å²) in [6.45, 7) is 4.63. The molecule has 0 aromatic carbocycles. The molecule has 0 amide bonds. The van der Waals surface area contributed by atoms with Crippen molar-refractivity contribution in [3.8, 4) is 0 Å². The molecule has 0 aliphatic rings. The average Bonchev–Trinajstić information content (AvgIpc) is 3.22. The number of hydrogen-bond donors (Lipinski definition) is 0. The van der Waals surface area contributed by atoms with Gasteiger partial charge in [-0.1, -0.05) is 204 Å². The summed E-state index contributed by atoms with van der Waals surface area (Å²) >= 11 is 0. The number of unbranched alkanes of at least 4 members (excludes halogenated alkanes) is 26. The SMILES string of the molecule is CCCCCCCC/C=C/C/C=C/C/C=C/CCCC(=O)OC(COCCC(C(=O)[O-])[N+](C)(C)C)COC(=O)CCCCCCCCCCCCCCCCCCCCCC. The second-order valence-electron chi connectivity index (χ2n) is 18.4. The van der Waals surface area contributed by atoms with Crippen molar-refractivity contribution < 1.29 is 38.2 Å². The van der Waals surface area contributed by atoms with E-state index in [4.69, 9.17) is 14.2 Å². The highest BCUT2D eigenvalue weighted by Gasteiger charge is 2.25. The normalized spacial score (nSPS) is 13.1. The molecule has 0 aromatic rings. The summed E-state index contributed by atoms with van der Waals surface area (Å²) in [5.41, 5.74) is 0. The Kier molecular flexibility index (Phi) is 42.4. The van der Waals surface area contributed by atoms with E-state index < -0.39 is 18.1 Å². The number of allylic oxidation sites excluding steroid dienone is 6. The molecule has 8 heteroatoms. The van der Waals surface area contributed by atoms with E-state index in [1.807, 2.05) is 0 Å². The summed E-state index contributed by atoms with van der Waals surface area (Å²) in [6.07, 6.45) is 51.8. The molecule has 2 atom stereocenters. The largest absolute Gasteiger partial charge is 0.544 e. The van der Waals surface area contributed by atoms with E-state index in [2.05, 4.69) is 50.3 Å². The Labute approximate surface area is 376 Å². The van der Waals surface area contributed by atoms with Crippen molar-refractivity contribution >= 4 is 17.9 Å². The minimum Gasteiger partial charge on any atom is -0.544 e. The average molecular weight is 860 g/mol. The molecule has 0 heterocycles. The van der Waals surface area contributed by atoms with E-state index >= 15 is 0 Å². The summed E-state index contributed by atoms with van der Waals surface area (Å²) in [6, 6.07) is -0.733. The van der Waals surface area contributed by atoms with Crippen molar-refractivity contribution in [2.24, 2.45) is 0 Å². The quantitative estimate of drug-likeness (QED) is 0.0260. The number of carboxylic acids is 1. The van der Waals surface area contributed by atoms with Crippen LogP contribution in [-0.4, -0.2) is 75.5 Å². The predicted octanol–water partition coefficient (Wildman–Crippen LogP) is 13.3. The number of aliphatic carboxylic acids is 1. The molecule has 0 fully saturated rings. The standard InChI is InChI=1S/C53H97NO7/c1-6-8-10-12-14-16-18-20-22-24-25-26-28-29-31-33-35-37-39-41-43-51(55)60-48-49(47-59-46-45-50(53(57)58)54(3,4)5)61-52(56)44-42-40-38-36-34-32-30-27-23-21-19-17-15-13-11-9-7-2/h21,23,30,32,36,38,49-50H,6-20,22,24-29,31,33-35,37,39-48H2,1-5H3/b23-21+,32-30+,38-36+. The van der Waals surface area contributed by atoms with Gasteiger partial charge in [-0.05, 0) is 44.9 Å². The highest BCUT2D eigenvalue weighted by Crippen LogP contribution is 2.16. The van der Waals surface area contributed by atoms with Crippen LogP contribution in [0.1, 0.15) is 232 Å². The molecule has 2 unspecified atom stereocenters. The fourth-order valence-electron chi connectivity index (χ4n) is 7.56. The number of ether oxygens (including phenoxy) is 3. The number of quaternary nitrogens is 1. The Morgan fingerprint density at radius 3 is 1.33 bits per heavy atom. The van der Waals surface area contributed by atoms with Crippen LogP contribution in [0.4, 0.5) is 0 Å². The van der Waals surface area contributed by atoms with Gasteiger partial charge in [0.2, 0.25) is 0 Å². The number of likely N-dealkylation sites (N-methyl/N-ethyl adjacent to an activating group) is 1. The van der Waals surface area contributed by atoms with Crippen LogP contribution in [-0.2, 0) is 28.6 Å². The Hall–Kier alpha value is -2.45. The van der Waals surface area contributed by atoms with E-state index in [0.717, 1.165) is 38.5 Å². The van der Waals surface area contributed by atoms with Crippen LogP contribution in [0.5, 0.6) is 0 Å². The molecule has 0 saturated heterocycles. The molecule has 0 aliphatic heterocycles. The van der Waals surface area contributed by atoms with Crippen molar-refractivity contribution in [2.75, 3.05) is 41.0 Å². The van der Waals surface area contributed by atoms with Gasteiger partial charge in [0.15, 0.2) is 6.10 Å². The lowest BCUT2D eigenvalue weighted by Gasteiger charge is -2.34. The second kappa shape index (κ2) is 44.2. The van der Waals surface area contributed by atoms with Crippen LogP contribution >= 0.6 is 0 Å². The van der Waals surface area contributed by atoms with Gasteiger partial charge in [0, 0.05) is 19.3 Å². The van der Waals surface area contributed by atoms with Gasteiger partial charge < -0.3 is 28.6 Å². The number of esters is 2. The number of carbonyl (C=O) groups excluding carboxylic acids is 3. The smallest absolute Gasteiger partial charge is 0.306 e. The molecule has 0 rings (SSSR count). The lowest BCUT2D eigenvalue weighted by Crippen LogP contribution is -2.55. The first-order valence-corrected chi connectivity index (χ1v) is 25.5. The van der Waals surface area contributed by atoms with Crippen molar-refractivity contribution in [1.29, 1.82) is 0 Å². The molecule has 0 aliphatic carbocycles. The van der Waals surface area contributed by atoms with Crippen LogP contribution < -0.4 is 5.11 Å². The van der Waals surface area contributed by atoms with Gasteiger partial charge in [0.05, 0.1) is 40.3 Å². The van der Waals surface area contributed by atoms with Crippen LogP contribution in [0.3, 0.4) is 0 Å². The molecule has 0 spiro atoms. The first-order chi connectivity index (χ1) is 29.6. The minimum absolute atomic E-state index is 0.0235. The Morgan fingerprint density at radius 2 is 0.885 bits per heavy atom. The Bertz CT molecular complexity index is 1090. The topological polar surface area (TPSA) is 102 Å². The highest BCUT2D eigenvalue weighted by molar-refractivity contribution is 5.70. The third-order valence-electron chi connectivity index (χ3n) is 11.5. The molecular weight excluding hydrogens is 763 g/mol. The first-order valence-electron chi connectivity index (χ1n) is 25.5. The van der Waals surface area contributed by atoms with Gasteiger partial charge in [0.25, 0.3) is 0 Å². The van der Waals surface area contributed by atoms with Crippen LogP contribution in [0.15, 0.2) is 36.5 Å². The number of rotatable bonds is 46. The fourth-order valence-corrected chi connectivity index (χ4v) is 7.56. The van der Waals surface area contributed by atoms with Crippen LogP contribution in [0.2, 0.25) is 0 Å². The van der Waals surface area contributed by atoms with E-state index in [-0.39, 0.29) is 49.1 Å². The van der Waals surface area contributed by atoms with E-state index in [1.54, 1.807) is 21.1 Å². The van der Waals surface area contributed by atoms with Crippen molar-refractivity contribution in [3.63, 3.8) is 0 Å². The van der Waals surface area contributed by atoms with Crippen molar-refractivity contribution in [3.05, 3.63) is 36.5 Å². The highest BCUT2D eigenvalue weighted by atomic mass is 16.6. The summed E-state index contributed by atoms with van der Waals surface area (Å²) < 4.78 is 17.2. The van der Waals surface area contributed by atoms with Crippen LogP contribution in [0, 0.1) is 0 Å². The van der Waals surface area contributed by atoms with Crippen molar-refractivity contribution in [2.45, 2.75) is 244 Å². The number of hydrogen-bond acceptors (Lipinski definition) is 7. The maximum Gasteiger partial charge on any atom is 0.306 e. The third kappa shape index (κ3) is 42.6. The maximum absolute atomic E-state index is 12.7. The third-order valence-corrected chi connectivity index (χ3v) is 11.5. The number of carboxylic acid groups (broad SMARTS) is 1. The van der Waals surface area contributed by atoms with Gasteiger partial charge in [-0.15, -0.1) is 0 Å². The summed E-state index contributed by atoms with van der Waals surface area (Å²) in [7, 11) is 5.40. The monoisotopic (exact) mass is 860 g/mol. The van der Waals surface area contributed by atoms with Crippen LogP contribution in [0.25, 0.3) is 0 Å². The summed E-state index contributed by atoms with van der Waals surface area (Å²) in [4.78, 5) is 37.0. The van der Waals surface area contributed by atoms with E-state index in [0.29, 0.717) is 12.8 Å². The summed E-state index contributed by atoms with van der Waals surface area (Å²) in [5.74, 6) is -1.79. The lowest BCUT2D eigenvalue weighted by molar-refractivity contribution is -0.889. The molecule has 0 bridgehead atoms. The molecule has 0 radical (unpaired) electrons. The zero-order chi connectivity index (χ0) is 44.9. The molecular formula is C53H97NO7. The number of nitrogens with zero attached hydrogens (tertiary/aromatic N) is 1. The Balaban J connectivity index is 4.29. The molecule has 0 N–H and O–H groups in total. The Morgan fingerprint density at radius 1 is 0.492 bits per heavy atom. The zero-order valence-electron chi connectivity index (χ0n) is 40.6. The fraction of sp³-hybridized carbons (Fsp3) is 0.830. The van der Waals surface area contributed by atoms with Gasteiger partial charge in [-0.25, -0.2) is 0 Å². The molecule has 61 heavy (non-hydrogen) atoms. The minimum atomic E-state index is -1.13. The van der Waals surface area contributed by atoms with Crippen molar-refractivity contribution in [1.82, 2.24) is 0 Å². The first kappa shape index (κ1) is 58.6. The second-order valence-corrected chi connectivity index (χ2v) is 18.4. The summed E-state index contributed by atoms with van der Waals surface area (Å²) in [5, 5.41) is 11.7. The molecule has 0 saturated carbocycles. The molecule has 0 aromatic heterocycles. The molecule has 8 nitrogen and oxygen atoms in total. The van der Waals surface area contributed by atoms with Gasteiger partial charge in [-0.2, -0.15) is 0 Å². The maximum atomic E-state index is 12.7. The van der Waals surface area contributed by atoms with E-state index in [9.17, 15) is 19.5 Å². The van der Waals surface area contributed by atoms with Gasteiger partial charge in [-0.3, -0.25) is 9.59 Å². The zero-order valence-corrected chi connectivity index (χ0v) is 40.6. The number of carbonyl (C=O) groups is 3.